The lowest BCUT2D eigenvalue weighted by Crippen LogP contribution is -2.35. The van der Waals surface area contributed by atoms with E-state index in [4.69, 9.17) is 28.9 Å². The fourth-order valence-electron chi connectivity index (χ4n) is 2.42. The molecule has 0 aromatic heterocycles. The summed E-state index contributed by atoms with van der Waals surface area (Å²) in [5.74, 6) is 0. The zero-order chi connectivity index (χ0) is 14.1. The summed E-state index contributed by atoms with van der Waals surface area (Å²) in [7, 11) is 0. The third kappa shape index (κ3) is 4.58. The number of benzene rings is 1. The Hall–Kier alpha value is -0.600. The van der Waals surface area contributed by atoms with E-state index in [0.29, 0.717) is 15.7 Å². The van der Waals surface area contributed by atoms with Crippen molar-refractivity contribution in [1.29, 1.82) is 0 Å². The Labute approximate surface area is 120 Å². The number of rotatable bonds is 3. The Kier molecular flexibility index (Phi) is 4.45. The van der Waals surface area contributed by atoms with Crippen molar-refractivity contribution in [3.63, 3.8) is 0 Å². The first-order chi connectivity index (χ1) is 8.00. The van der Waals surface area contributed by atoms with Gasteiger partial charge in [0, 0.05) is 11.2 Å². The number of anilines is 2. The van der Waals surface area contributed by atoms with Crippen LogP contribution in [0.2, 0.25) is 10.0 Å². The highest BCUT2D eigenvalue weighted by Gasteiger charge is 2.26. The molecule has 0 spiro atoms. The summed E-state index contributed by atoms with van der Waals surface area (Å²) in [5, 5.41) is 4.53. The van der Waals surface area contributed by atoms with Gasteiger partial charge in [-0.2, -0.15) is 0 Å². The highest BCUT2D eigenvalue weighted by atomic mass is 35.5. The van der Waals surface area contributed by atoms with Gasteiger partial charge in [-0.15, -0.1) is 0 Å². The molecule has 0 fully saturated rings. The lowest BCUT2D eigenvalue weighted by molar-refractivity contribution is 0.302. The van der Waals surface area contributed by atoms with Gasteiger partial charge in [0.05, 0.1) is 15.7 Å². The maximum atomic E-state index is 6.19. The molecular weight excluding hydrogens is 267 g/mol. The fourth-order valence-corrected chi connectivity index (χ4v) is 3.02. The third-order valence-electron chi connectivity index (χ3n) is 2.50. The maximum absolute atomic E-state index is 6.19. The van der Waals surface area contributed by atoms with Crippen molar-refractivity contribution < 1.29 is 0 Å². The van der Waals surface area contributed by atoms with E-state index in [2.05, 4.69) is 39.9 Å². The molecule has 0 unspecified atom stereocenters. The summed E-state index contributed by atoms with van der Waals surface area (Å²) in [5.41, 5.74) is 7.15. The minimum absolute atomic E-state index is 0.0956. The Balaban J connectivity index is 2.97. The summed E-state index contributed by atoms with van der Waals surface area (Å²) in [6.07, 6.45) is 0.997. The zero-order valence-corrected chi connectivity index (χ0v) is 13.2. The Morgan fingerprint density at radius 2 is 1.50 bits per heavy atom. The molecule has 0 saturated carbocycles. The highest BCUT2D eigenvalue weighted by molar-refractivity contribution is 6.39. The normalized spacial score (nSPS) is 12.6. The van der Waals surface area contributed by atoms with Gasteiger partial charge in [-0.05, 0) is 37.8 Å². The van der Waals surface area contributed by atoms with E-state index in [9.17, 15) is 0 Å². The van der Waals surface area contributed by atoms with Crippen molar-refractivity contribution in [3.05, 3.63) is 22.2 Å². The molecule has 0 aliphatic carbocycles. The van der Waals surface area contributed by atoms with Crippen LogP contribution in [0.5, 0.6) is 0 Å². The summed E-state index contributed by atoms with van der Waals surface area (Å²) >= 11 is 12.4. The zero-order valence-electron chi connectivity index (χ0n) is 11.7. The first-order valence-electron chi connectivity index (χ1n) is 6.03. The van der Waals surface area contributed by atoms with E-state index < -0.39 is 0 Å². The molecular formula is C14H22Cl2N2. The standard InChI is InChI=1S/C14H22Cl2N2/c1-13(2,3)8-14(4,5)18-12-10(15)6-9(17)7-11(12)16/h6-7,18H,8,17H2,1-5H3. The number of nitrogens with one attached hydrogen (secondary N) is 1. The molecule has 0 aliphatic heterocycles. The van der Waals surface area contributed by atoms with Crippen LogP contribution >= 0.6 is 23.2 Å². The summed E-state index contributed by atoms with van der Waals surface area (Å²) in [6, 6.07) is 3.42. The van der Waals surface area contributed by atoms with Crippen LogP contribution in [0.1, 0.15) is 41.0 Å². The second-order valence-corrected chi connectivity index (χ2v) is 7.42. The van der Waals surface area contributed by atoms with Crippen molar-refractivity contribution >= 4 is 34.6 Å². The molecule has 3 N–H and O–H groups in total. The van der Waals surface area contributed by atoms with E-state index in [1.807, 2.05) is 0 Å². The molecule has 1 rings (SSSR count). The van der Waals surface area contributed by atoms with E-state index >= 15 is 0 Å². The van der Waals surface area contributed by atoms with Crippen LogP contribution in [0.25, 0.3) is 0 Å². The van der Waals surface area contributed by atoms with Gasteiger partial charge < -0.3 is 11.1 Å². The molecule has 4 heteroatoms. The van der Waals surface area contributed by atoms with Gasteiger partial charge in [0.2, 0.25) is 0 Å². The molecule has 0 aliphatic rings. The number of hydrogen-bond acceptors (Lipinski definition) is 2. The van der Waals surface area contributed by atoms with Crippen LogP contribution in [-0.2, 0) is 0 Å². The predicted octanol–water partition coefficient (Wildman–Crippen LogP) is 5.20. The van der Waals surface area contributed by atoms with Gasteiger partial charge in [-0.3, -0.25) is 0 Å². The van der Waals surface area contributed by atoms with Gasteiger partial charge >= 0.3 is 0 Å². The average molecular weight is 289 g/mol. The lowest BCUT2D eigenvalue weighted by atomic mass is 9.81. The average Bonchev–Trinajstić information content (AvgIpc) is 2.07. The van der Waals surface area contributed by atoms with E-state index in [0.717, 1.165) is 12.1 Å². The Morgan fingerprint density at radius 3 is 1.89 bits per heavy atom. The van der Waals surface area contributed by atoms with Gasteiger partial charge in [0.1, 0.15) is 0 Å². The topological polar surface area (TPSA) is 38.0 Å². The van der Waals surface area contributed by atoms with Crippen molar-refractivity contribution in [2.45, 2.75) is 46.6 Å². The van der Waals surface area contributed by atoms with Crippen LogP contribution in [-0.4, -0.2) is 5.54 Å². The Bertz CT molecular complexity index is 411. The molecule has 0 bridgehead atoms. The second kappa shape index (κ2) is 5.18. The first kappa shape index (κ1) is 15.5. The van der Waals surface area contributed by atoms with Crippen molar-refractivity contribution in [1.82, 2.24) is 0 Å². The van der Waals surface area contributed by atoms with Gasteiger partial charge in [0.15, 0.2) is 0 Å². The summed E-state index contributed by atoms with van der Waals surface area (Å²) in [6.45, 7) is 10.9. The number of nitrogen functional groups attached to an aromatic ring is 1. The molecule has 0 amide bonds. The largest absolute Gasteiger partial charge is 0.399 e. The molecule has 0 saturated heterocycles. The third-order valence-corrected chi connectivity index (χ3v) is 3.10. The second-order valence-electron chi connectivity index (χ2n) is 6.61. The van der Waals surface area contributed by atoms with Gasteiger partial charge in [-0.1, -0.05) is 44.0 Å². The van der Waals surface area contributed by atoms with E-state index in [1.165, 1.54) is 0 Å². The van der Waals surface area contributed by atoms with Crippen LogP contribution in [0.4, 0.5) is 11.4 Å². The smallest absolute Gasteiger partial charge is 0.0724 e. The lowest BCUT2D eigenvalue weighted by Gasteiger charge is -2.34. The molecule has 0 radical (unpaired) electrons. The molecule has 18 heavy (non-hydrogen) atoms. The number of halogens is 2. The van der Waals surface area contributed by atoms with Crippen LogP contribution in [0.3, 0.4) is 0 Å². The van der Waals surface area contributed by atoms with Crippen molar-refractivity contribution in [2.24, 2.45) is 5.41 Å². The van der Waals surface area contributed by atoms with E-state index in [1.54, 1.807) is 12.1 Å². The predicted molar refractivity (Wildman–Crippen MR) is 82.6 cm³/mol. The summed E-state index contributed by atoms with van der Waals surface area (Å²) in [4.78, 5) is 0. The first-order valence-corrected chi connectivity index (χ1v) is 6.78. The molecule has 2 nitrogen and oxygen atoms in total. The SMILES string of the molecule is CC(C)(C)CC(C)(C)Nc1c(Cl)cc(N)cc1Cl. The van der Waals surface area contributed by atoms with E-state index in [-0.39, 0.29) is 11.0 Å². The van der Waals surface area contributed by atoms with Crippen LogP contribution in [0, 0.1) is 5.41 Å². The minimum Gasteiger partial charge on any atom is -0.399 e. The van der Waals surface area contributed by atoms with Crippen molar-refractivity contribution in [3.8, 4) is 0 Å². The highest BCUT2D eigenvalue weighted by Crippen LogP contribution is 2.37. The monoisotopic (exact) mass is 288 g/mol. The molecule has 102 valence electrons. The van der Waals surface area contributed by atoms with Crippen LogP contribution < -0.4 is 11.1 Å². The quantitative estimate of drug-likeness (QED) is 0.750. The van der Waals surface area contributed by atoms with Crippen LogP contribution in [0.15, 0.2) is 12.1 Å². The van der Waals surface area contributed by atoms with Crippen molar-refractivity contribution in [2.75, 3.05) is 11.1 Å². The molecule has 0 heterocycles. The summed E-state index contributed by atoms with van der Waals surface area (Å²) < 4.78 is 0. The maximum Gasteiger partial charge on any atom is 0.0724 e. The molecule has 1 aromatic rings. The minimum atomic E-state index is -0.0956. The fraction of sp³-hybridized carbons (Fsp3) is 0.571. The number of hydrogen-bond donors (Lipinski definition) is 2. The molecule has 0 atom stereocenters. The number of nitrogens with two attached hydrogens (primary N) is 1. The van der Waals surface area contributed by atoms with Gasteiger partial charge in [-0.25, -0.2) is 0 Å². The Morgan fingerprint density at radius 1 is 1.06 bits per heavy atom. The molecule has 1 aromatic carbocycles. The van der Waals surface area contributed by atoms with Gasteiger partial charge in [0.25, 0.3) is 0 Å².